The van der Waals surface area contributed by atoms with E-state index in [1.807, 2.05) is 41.5 Å². The number of hydrogen-bond donors (Lipinski definition) is 3. The van der Waals surface area contributed by atoms with Crippen LogP contribution in [0.1, 0.15) is 116 Å². The fourth-order valence-electron chi connectivity index (χ4n) is 8.21. The Balaban J connectivity index is 1.21. The number of anilines is 2. The first-order valence-corrected chi connectivity index (χ1v) is 20.0. The Morgan fingerprint density at radius 2 is 1.65 bits per heavy atom. The van der Waals surface area contributed by atoms with Gasteiger partial charge in [0, 0.05) is 42.3 Å². The molecule has 2 atom stereocenters. The van der Waals surface area contributed by atoms with E-state index in [2.05, 4.69) is 39.1 Å². The van der Waals surface area contributed by atoms with Crippen molar-refractivity contribution in [2.75, 3.05) is 29.9 Å². The molecule has 1 spiro atoms. The van der Waals surface area contributed by atoms with Crippen LogP contribution in [0.25, 0.3) is 0 Å². The lowest BCUT2D eigenvalue weighted by atomic mass is 9.60. The number of amides is 3. The number of piperidine rings is 1. The number of carbonyl (C=O) groups is 3. The average Bonchev–Trinajstić information content (AvgIpc) is 3.34. The number of ether oxygens (including phenoxy) is 1. The van der Waals surface area contributed by atoms with Crippen molar-refractivity contribution in [1.29, 1.82) is 0 Å². The van der Waals surface area contributed by atoms with Crippen molar-refractivity contribution < 1.29 is 27.5 Å². The van der Waals surface area contributed by atoms with E-state index < -0.39 is 27.6 Å². The van der Waals surface area contributed by atoms with E-state index in [1.54, 1.807) is 29.2 Å². The van der Waals surface area contributed by atoms with Crippen LogP contribution in [0.15, 0.2) is 35.4 Å². The summed E-state index contributed by atoms with van der Waals surface area (Å²) in [4.78, 5) is 53.5. The summed E-state index contributed by atoms with van der Waals surface area (Å²) in [6, 6.07) is 7.29. The van der Waals surface area contributed by atoms with Crippen molar-refractivity contribution in [3.05, 3.63) is 41.6 Å². The fraction of sp³-hybridized carbons (Fsp3) is 0.658. The lowest BCUT2D eigenvalue weighted by molar-refractivity contribution is -0.124. The molecule has 1 saturated carbocycles. The first-order chi connectivity index (χ1) is 24.1. The quantitative estimate of drug-likeness (QED) is 0.366. The Morgan fingerprint density at radius 3 is 2.31 bits per heavy atom. The second-order valence-electron chi connectivity index (χ2n) is 18.0. The monoisotopic (exact) mass is 737 g/mol. The maximum absolute atomic E-state index is 14.0. The molecule has 2 saturated heterocycles. The van der Waals surface area contributed by atoms with Gasteiger partial charge in [-0.25, -0.2) is 19.5 Å². The maximum Gasteiger partial charge on any atom is 0.410 e. The number of carbonyl (C=O) groups excluding carboxylic acids is 3. The zero-order valence-electron chi connectivity index (χ0n) is 31.8. The molecule has 5 heterocycles. The molecular formula is C38H55N7O6S. The van der Waals surface area contributed by atoms with Crippen LogP contribution in [-0.2, 0) is 25.0 Å². The molecule has 284 valence electrons. The highest BCUT2D eigenvalue weighted by molar-refractivity contribution is 7.90. The molecule has 4 aliphatic rings. The third-order valence-corrected chi connectivity index (χ3v) is 12.2. The van der Waals surface area contributed by atoms with E-state index in [-0.39, 0.29) is 56.7 Å². The summed E-state index contributed by atoms with van der Waals surface area (Å²) in [5.41, 5.74) is -0.149. The number of sulfonamides is 1. The molecule has 14 heteroatoms. The third kappa shape index (κ3) is 8.16. The number of fused-ring (bicyclic) bond motifs is 6. The smallest absolute Gasteiger partial charge is 0.410 e. The molecule has 52 heavy (non-hydrogen) atoms. The van der Waals surface area contributed by atoms with E-state index >= 15 is 0 Å². The molecule has 6 rings (SSSR count). The van der Waals surface area contributed by atoms with E-state index in [0.717, 1.165) is 44.2 Å². The number of likely N-dealkylation sites (tertiary alicyclic amines) is 1. The predicted molar refractivity (Wildman–Crippen MR) is 199 cm³/mol. The van der Waals surface area contributed by atoms with Gasteiger partial charge in [-0.1, -0.05) is 26.8 Å². The van der Waals surface area contributed by atoms with Crippen molar-refractivity contribution in [3.63, 3.8) is 0 Å². The Hall–Kier alpha value is -3.94. The largest absolute Gasteiger partial charge is 0.444 e. The van der Waals surface area contributed by atoms with E-state index in [1.165, 1.54) is 6.07 Å². The van der Waals surface area contributed by atoms with Gasteiger partial charge in [0.05, 0.1) is 5.56 Å². The molecule has 2 aromatic heterocycles. The Bertz CT molecular complexity index is 1820. The highest BCUT2D eigenvalue weighted by Gasteiger charge is 2.48. The van der Waals surface area contributed by atoms with Crippen molar-refractivity contribution >= 4 is 39.6 Å². The molecule has 3 amide bonds. The molecule has 3 aliphatic heterocycles. The van der Waals surface area contributed by atoms with Gasteiger partial charge in [-0.2, -0.15) is 8.42 Å². The van der Waals surface area contributed by atoms with E-state index in [0.29, 0.717) is 31.9 Å². The molecule has 1 unspecified atom stereocenters. The minimum atomic E-state index is -4.37. The molecule has 0 radical (unpaired) electrons. The number of aromatic nitrogens is 2. The van der Waals surface area contributed by atoms with Gasteiger partial charge in [-0.3, -0.25) is 9.59 Å². The zero-order valence-corrected chi connectivity index (χ0v) is 32.7. The zero-order chi connectivity index (χ0) is 37.9. The molecular weight excluding hydrogens is 683 g/mol. The fourth-order valence-corrected chi connectivity index (χ4v) is 9.15. The van der Waals surface area contributed by atoms with Crippen LogP contribution in [0, 0.1) is 11.3 Å². The summed E-state index contributed by atoms with van der Waals surface area (Å²) in [5, 5.41) is 6.16. The number of hydrogen-bond acceptors (Lipinski definition) is 10. The van der Waals surface area contributed by atoms with Crippen LogP contribution in [0.5, 0.6) is 0 Å². The summed E-state index contributed by atoms with van der Waals surface area (Å²) in [6.45, 7) is 17.8. The lowest BCUT2D eigenvalue weighted by Gasteiger charge is -2.52. The standard InChI is InChI=1S/C38H55N7O6S/c1-35(2,3)28-15-13-26-31(41-28)45-23-24(20-37(45,7)8)12-14-27(40-29-10-9-11-30(42-29)52(49,50)43-32(26)46)33(47)39-25-21-38(22-25)16-18-44(19-17-38)34(48)51-36(4,5)6/h9-11,13,15,24-25,27H,12,14,16-23H2,1-8H3,(H,39,47)(H,40,42)(H,43,46)/t24-,27?/m0/s1. The lowest BCUT2D eigenvalue weighted by Crippen LogP contribution is -2.57. The molecule has 2 aromatic rings. The van der Waals surface area contributed by atoms with Crippen LogP contribution in [0.3, 0.4) is 0 Å². The highest BCUT2D eigenvalue weighted by Crippen LogP contribution is 2.49. The van der Waals surface area contributed by atoms with Gasteiger partial charge in [-0.15, -0.1) is 0 Å². The van der Waals surface area contributed by atoms with Crippen molar-refractivity contribution in [2.45, 2.75) is 134 Å². The van der Waals surface area contributed by atoms with Crippen LogP contribution in [0.4, 0.5) is 16.4 Å². The Morgan fingerprint density at radius 1 is 0.962 bits per heavy atom. The van der Waals surface area contributed by atoms with Crippen molar-refractivity contribution in [3.8, 4) is 0 Å². The highest BCUT2D eigenvalue weighted by atomic mass is 32.2. The summed E-state index contributed by atoms with van der Waals surface area (Å²) < 4.78 is 34.9. The van der Waals surface area contributed by atoms with Gasteiger partial charge in [0.2, 0.25) is 5.91 Å². The molecule has 0 aromatic carbocycles. The molecule has 3 N–H and O–H groups in total. The summed E-state index contributed by atoms with van der Waals surface area (Å²) in [5.74, 6) is -0.0565. The van der Waals surface area contributed by atoms with Crippen LogP contribution in [-0.4, -0.2) is 84.1 Å². The minimum absolute atomic E-state index is 0.00867. The Kier molecular flexibility index (Phi) is 9.80. The van der Waals surface area contributed by atoms with Crippen LogP contribution in [0.2, 0.25) is 0 Å². The number of nitrogens with zero attached hydrogens (tertiary/aromatic N) is 4. The van der Waals surface area contributed by atoms with Gasteiger partial charge >= 0.3 is 6.09 Å². The number of pyridine rings is 2. The minimum Gasteiger partial charge on any atom is -0.444 e. The van der Waals surface area contributed by atoms with Gasteiger partial charge in [0.1, 0.15) is 23.3 Å². The second kappa shape index (κ2) is 13.5. The summed E-state index contributed by atoms with van der Waals surface area (Å²) in [7, 11) is -4.37. The molecule has 4 bridgehead atoms. The first kappa shape index (κ1) is 37.8. The Labute approximate surface area is 308 Å². The topological polar surface area (TPSA) is 163 Å². The van der Waals surface area contributed by atoms with Gasteiger partial charge < -0.3 is 25.2 Å². The average molecular weight is 738 g/mol. The second-order valence-corrected chi connectivity index (χ2v) is 19.6. The van der Waals surface area contributed by atoms with Crippen molar-refractivity contribution in [2.24, 2.45) is 11.3 Å². The first-order valence-electron chi connectivity index (χ1n) is 18.5. The molecule has 1 aliphatic carbocycles. The molecule has 3 fully saturated rings. The van der Waals surface area contributed by atoms with Crippen LogP contribution < -0.4 is 20.3 Å². The van der Waals surface area contributed by atoms with Gasteiger partial charge in [0.15, 0.2) is 5.03 Å². The van der Waals surface area contributed by atoms with E-state index in [4.69, 9.17) is 9.72 Å². The van der Waals surface area contributed by atoms with E-state index in [9.17, 15) is 22.8 Å². The summed E-state index contributed by atoms with van der Waals surface area (Å²) in [6.07, 6.45) is 5.17. The number of rotatable bonds is 2. The summed E-state index contributed by atoms with van der Waals surface area (Å²) >= 11 is 0. The van der Waals surface area contributed by atoms with Crippen molar-refractivity contribution in [1.82, 2.24) is 24.9 Å². The third-order valence-electron chi connectivity index (χ3n) is 11.0. The maximum atomic E-state index is 14.0. The van der Waals surface area contributed by atoms with Gasteiger partial charge in [-0.05, 0) is 115 Å². The molecule has 13 nitrogen and oxygen atoms in total. The SMILES string of the molecule is CC(C)(C)OC(=O)N1CCC2(CC1)CC(NC(=O)C1CC[C@@H]3CN(c4nc(C(C)(C)C)ccc4C(=O)NS(=O)(=O)c4cccc(n4)N1)C(C)(C)C3)C2. The predicted octanol–water partition coefficient (Wildman–Crippen LogP) is 5.37. The van der Waals surface area contributed by atoms with Gasteiger partial charge in [0.25, 0.3) is 15.9 Å². The number of nitrogens with one attached hydrogen (secondary N) is 3. The normalized spacial score (nSPS) is 24.3. The van der Waals surface area contributed by atoms with Crippen LogP contribution >= 0.6 is 0 Å².